The number of hydrogen-bond donors (Lipinski definition) is 2. The number of carbonyl (C=O) groups excluding carboxylic acids is 3. The van der Waals surface area contributed by atoms with Crippen LogP contribution >= 0.6 is 23.2 Å². The Kier molecular flexibility index (Phi) is 7.32. The zero-order chi connectivity index (χ0) is 25.4. The maximum Gasteiger partial charge on any atom is 0.246 e. The summed E-state index contributed by atoms with van der Waals surface area (Å²) in [4.78, 5) is 42.5. The van der Waals surface area contributed by atoms with Crippen molar-refractivity contribution in [2.75, 3.05) is 25.6 Å². The highest BCUT2D eigenvalue weighted by Crippen LogP contribution is 2.55. The molecule has 1 aromatic carbocycles. The maximum atomic E-state index is 13.8. The Balaban J connectivity index is 1.41. The number of methoxy groups -OCH3 is 1. The molecule has 3 heterocycles. The topological polar surface area (TPSA) is 97.0 Å². The summed E-state index contributed by atoms with van der Waals surface area (Å²) in [7, 11) is 1.60. The Morgan fingerprint density at radius 2 is 1.94 bits per heavy atom. The van der Waals surface area contributed by atoms with Gasteiger partial charge in [-0.15, -0.1) is 0 Å². The molecule has 3 amide bonds. The third kappa shape index (κ3) is 4.42. The summed E-state index contributed by atoms with van der Waals surface area (Å²) in [5, 5.41) is 6.73. The quantitative estimate of drug-likeness (QED) is 0.391. The largest absolute Gasteiger partial charge is 0.385 e. The molecule has 2 saturated heterocycles. The van der Waals surface area contributed by atoms with Crippen LogP contribution in [0.4, 0.5) is 5.69 Å². The van der Waals surface area contributed by atoms with Gasteiger partial charge in [0, 0.05) is 32.0 Å². The van der Waals surface area contributed by atoms with Gasteiger partial charge < -0.3 is 25.0 Å². The molecule has 2 bridgehead atoms. The standard InChI is InChI=1S/C26H31Cl2N3O5/c1-35-13-5-12-31-22(24(33)29-15-6-3-2-4-7-15)26-11-10-19(36-26)20(21(26)25(31)34)23(32)30-16-8-9-17(27)18(28)14-16/h8-11,14-15,19-22H,2-7,12-13H2,1H3,(H,29,33)(H,30,32)/t19-,20+,21-,22+,26+/m1/s1. The van der Waals surface area contributed by atoms with Crippen LogP contribution in [-0.4, -0.2) is 66.7 Å². The van der Waals surface area contributed by atoms with Gasteiger partial charge in [-0.1, -0.05) is 54.6 Å². The normalized spacial score (nSPS) is 31.1. The fraction of sp³-hybridized carbons (Fsp3) is 0.577. The first-order chi connectivity index (χ1) is 17.4. The van der Waals surface area contributed by atoms with E-state index in [4.69, 9.17) is 32.7 Å². The van der Waals surface area contributed by atoms with Crippen molar-refractivity contribution >= 4 is 46.6 Å². The predicted molar refractivity (Wildman–Crippen MR) is 136 cm³/mol. The van der Waals surface area contributed by atoms with Gasteiger partial charge in [0.2, 0.25) is 17.7 Å². The molecule has 5 rings (SSSR count). The number of amides is 3. The monoisotopic (exact) mass is 535 g/mol. The van der Waals surface area contributed by atoms with Crippen molar-refractivity contribution in [3.8, 4) is 0 Å². The van der Waals surface area contributed by atoms with Crippen LogP contribution in [0.25, 0.3) is 0 Å². The number of rotatable bonds is 8. The number of ether oxygens (including phenoxy) is 2. The molecular formula is C26H31Cl2N3O5. The number of nitrogens with zero attached hydrogens (tertiary/aromatic N) is 1. The van der Waals surface area contributed by atoms with E-state index < -0.39 is 29.6 Å². The molecule has 2 N–H and O–H groups in total. The second kappa shape index (κ2) is 10.3. The highest BCUT2D eigenvalue weighted by Gasteiger charge is 2.72. The molecule has 4 aliphatic rings. The maximum absolute atomic E-state index is 13.8. The Morgan fingerprint density at radius 3 is 2.67 bits per heavy atom. The van der Waals surface area contributed by atoms with Crippen molar-refractivity contribution in [2.24, 2.45) is 11.8 Å². The molecular weight excluding hydrogens is 505 g/mol. The number of carbonyl (C=O) groups is 3. The van der Waals surface area contributed by atoms with Gasteiger partial charge in [0.05, 0.1) is 28.0 Å². The summed E-state index contributed by atoms with van der Waals surface area (Å²) in [6, 6.07) is 4.07. The molecule has 0 unspecified atom stereocenters. The van der Waals surface area contributed by atoms with Gasteiger partial charge in [-0.25, -0.2) is 0 Å². The fourth-order valence-electron chi connectivity index (χ4n) is 6.21. The number of hydrogen-bond acceptors (Lipinski definition) is 5. The van der Waals surface area contributed by atoms with E-state index in [1.165, 1.54) is 6.42 Å². The predicted octanol–water partition coefficient (Wildman–Crippen LogP) is 3.57. The average Bonchev–Trinajstić information content (AvgIpc) is 3.50. The molecule has 1 aromatic rings. The first kappa shape index (κ1) is 25.5. The van der Waals surface area contributed by atoms with Crippen LogP contribution in [-0.2, 0) is 23.9 Å². The van der Waals surface area contributed by atoms with Crippen molar-refractivity contribution in [2.45, 2.75) is 62.3 Å². The van der Waals surface area contributed by atoms with Gasteiger partial charge in [0.25, 0.3) is 0 Å². The molecule has 3 fully saturated rings. The van der Waals surface area contributed by atoms with Crippen LogP contribution in [0.5, 0.6) is 0 Å². The summed E-state index contributed by atoms with van der Waals surface area (Å²) in [6.07, 6.45) is 8.81. The molecule has 1 saturated carbocycles. The third-order valence-corrected chi connectivity index (χ3v) is 8.55. The van der Waals surface area contributed by atoms with Crippen molar-refractivity contribution in [1.29, 1.82) is 0 Å². The smallest absolute Gasteiger partial charge is 0.246 e. The van der Waals surface area contributed by atoms with Crippen LogP contribution in [0.3, 0.4) is 0 Å². The van der Waals surface area contributed by atoms with E-state index in [0.29, 0.717) is 35.3 Å². The van der Waals surface area contributed by atoms with E-state index in [1.54, 1.807) is 30.2 Å². The molecule has 1 aliphatic carbocycles. The highest BCUT2D eigenvalue weighted by atomic mass is 35.5. The lowest BCUT2D eigenvalue weighted by Gasteiger charge is -2.34. The van der Waals surface area contributed by atoms with Crippen molar-refractivity contribution in [1.82, 2.24) is 10.2 Å². The number of halogens is 2. The Bertz CT molecular complexity index is 1080. The summed E-state index contributed by atoms with van der Waals surface area (Å²) in [5.74, 6) is -2.37. The SMILES string of the molecule is COCCCN1C(=O)[C@H]2[C@@H](C(=O)Nc3ccc(Cl)c(Cl)c3)[C@H]3C=C[C@@]2(O3)[C@@H]1C(=O)NC1CCCCC1. The zero-order valence-corrected chi connectivity index (χ0v) is 21.7. The van der Waals surface area contributed by atoms with E-state index in [-0.39, 0.29) is 23.8 Å². The van der Waals surface area contributed by atoms with Crippen molar-refractivity contribution in [3.63, 3.8) is 0 Å². The number of fused-ring (bicyclic) bond motifs is 1. The molecule has 1 spiro atoms. The van der Waals surface area contributed by atoms with Crippen molar-refractivity contribution in [3.05, 3.63) is 40.4 Å². The van der Waals surface area contributed by atoms with E-state index >= 15 is 0 Å². The number of nitrogens with one attached hydrogen (secondary N) is 2. The van der Waals surface area contributed by atoms with E-state index in [9.17, 15) is 14.4 Å². The Labute approximate surface area is 220 Å². The van der Waals surface area contributed by atoms with Gasteiger partial charge in [-0.05, 0) is 37.5 Å². The lowest BCUT2D eigenvalue weighted by molar-refractivity contribution is -0.141. The first-order valence-corrected chi connectivity index (χ1v) is 13.3. The van der Waals surface area contributed by atoms with Crippen LogP contribution in [0.15, 0.2) is 30.4 Å². The molecule has 194 valence electrons. The molecule has 3 aliphatic heterocycles. The van der Waals surface area contributed by atoms with E-state index in [2.05, 4.69) is 10.6 Å². The van der Waals surface area contributed by atoms with Gasteiger partial charge in [0.15, 0.2) is 0 Å². The summed E-state index contributed by atoms with van der Waals surface area (Å²) >= 11 is 12.1. The van der Waals surface area contributed by atoms with Gasteiger partial charge >= 0.3 is 0 Å². The zero-order valence-electron chi connectivity index (χ0n) is 20.2. The minimum absolute atomic E-state index is 0.0916. The van der Waals surface area contributed by atoms with Gasteiger partial charge in [0.1, 0.15) is 11.6 Å². The molecule has 8 nitrogen and oxygen atoms in total. The highest BCUT2D eigenvalue weighted by molar-refractivity contribution is 6.42. The molecule has 0 aromatic heterocycles. The third-order valence-electron chi connectivity index (χ3n) is 7.81. The number of anilines is 1. The van der Waals surface area contributed by atoms with E-state index in [0.717, 1.165) is 25.7 Å². The van der Waals surface area contributed by atoms with Crippen molar-refractivity contribution < 1.29 is 23.9 Å². The van der Waals surface area contributed by atoms with Gasteiger partial charge in [-0.3, -0.25) is 14.4 Å². The fourth-order valence-corrected chi connectivity index (χ4v) is 6.51. The second-order valence-electron chi connectivity index (χ2n) is 10.0. The number of benzene rings is 1. The molecule has 0 radical (unpaired) electrons. The number of likely N-dealkylation sites (tertiary alicyclic amines) is 1. The van der Waals surface area contributed by atoms with Gasteiger partial charge in [-0.2, -0.15) is 0 Å². The Morgan fingerprint density at radius 1 is 1.17 bits per heavy atom. The first-order valence-electron chi connectivity index (χ1n) is 12.6. The van der Waals surface area contributed by atoms with Crippen LogP contribution < -0.4 is 10.6 Å². The van der Waals surface area contributed by atoms with Crippen LogP contribution in [0.2, 0.25) is 10.0 Å². The lowest BCUT2D eigenvalue weighted by atomic mass is 9.74. The summed E-state index contributed by atoms with van der Waals surface area (Å²) in [6.45, 7) is 0.801. The average molecular weight is 536 g/mol. The molecule has 36 heavy (non-hydrogen) atoms. The molecule has 10 heteroatoms. The lowest BCUT2D eigenvalue weighted by Crippen LogP contribution is -2.56. The summed E-state index contributed by atoms with van der Waals surface area (Å²) < 4.78 is 11.5. The van der Waals surface area contributed by atoms with E-state index in [1.807, 2.05) is 12.2 Å². The van der Waals surface area contributed by atoms with Crippen LogP contribution in [0.1, 0.15) is 38.5 Å². The minimum atomic E-state index is -1.17. The molecule has 5 atom stereocenters. The second-order valence-corrected chi connectivity index (χ2v) is 10.9. The Hall–Kier alpha value is -2.13. The minimum Gasteiger partial charge on any atom is -0.385 e. The summed E-state index contributed by atoms with van der Waals surface area (Å²) in [5.41, 5.74) is -0.697. The van der Waals surface area contributed by atoms with Crippen LogP contribution in [0, 0.1) is 11.8 Å².